The second kappa shape index (κ2) is 207. The zero-order valence-electron chi connectivity index (χ0n) is 7.61. The molecule has 88 valence electrons. The van der Waals surface area contributed by atoms with Crippen LogP contribution >= 0.6 is 0 Å². The molecule has 0 atom stereocenters. The van der Waals surface area contributed by atoms with Gasteiger partial charge in [0.1, 0.15) is 0 Å². The fourth-order valence-electron chi connectivity index (χ4n) is 0. The van der Waals surface area contributed by atoms with E-state index in [1.165, 1.54) is 0 Å². The van der Waals surface area contributed by atoms with Crippen LogP contribution in [0.4, 0.5) is 0 Å². The van der Waals surface area contributed by atoms with Crippen LogP contribution in [0.2, 0.25) is 0 Å². The first-order valence-corrected chi connectivity index (χ1v) is 0. The zero-order chi connectivity index (χ0) is 0. The Labute approximate surface area is 274 Å². The smallest absolute Gasteiger partial charge is 2.00 e. The molecule has 0 N–H and O–H groups in total. The van der Waals surface area contributed by atoms with Gasteiger partial charge in [-0.15, -0.1) is 0 Å². The van der Waals surface area contributed by atoms with E-state index in [1.807, 2.05) is 0 Å². The van der Waals surface area contributed by atoms with Crippen molar-refractivity contribution in [3.8, 4) is 0 Å². The second-order valence-electron chi connectivity index (χ2n) is 0. The minimum absolute atomic E-state index is 0. The van der Waals surface area contributed by atoms with Gasteiger partial charge >= 0.3 is 218 Å². The van der Waals surface area contributed by atoms with E-state index in [2.05, 4.69) is 0 Å². The maximum atomic E-state index is 0. The molecule has 0 heterocycles. The van der Waals surface area contributed by atoms with Gasteiger partial charge in [-0.3, -0.25) is 0 Å². The summed E-state index contributed by atoms with van der Waals surface area (Å²) in [6, 6.07) is 0. The second-order valence-corrected chi connectivity index (χ2v) is 0. The van der Waals surface area contributed by atoms with Crippen molar-refractivity contribution in [2.75, 3.05) is 0 Å². The summed E-state index contributed by atoms with van der Waals surface area (Å²) >= 11 is 0. The fourth-order valence-corrected chi connectivity index (χ4v) is 0. The van der Waals surface area contributed by atoms with Gasteiger partial charge in [0.15, 0.2) is 0 Å². The summed E-state index contributed by atoms with van der Waals surface area (Å²) in [5, 5.41) is 0. The third kappa shape index (κ3) is 189. The largest absolute Gasteiger partial charge is 2.00 e. The van der Waals surface area contributed by atoms with E-state index in [4.69, 9.17) is 0 Å². The van der Waals surface area contributed by atoms with Gasteiger partial charge in [-0.25, -0.2) is 0 Å². The molecular weight excluding hydrogens is 1840 g/mol. The van der Waals surface area contributed by atoms with E-state index in [1.54, 1.807) is 0 Å². The van der Waals surface area contributed by atoms with Crippen LogP contribution in [0.25, 0.3) is 0 Å². The zero-order valence-corrected chi connectivity index (χ0v) is 40.2. The Morgan fingerprint density at radius 1 is 0.176 bits per heavy atom. The number of halogens is 2. The first kappa shape index (κ1) is 235. The first-order valence-electron chi connectivity index (χ1n) is 0. The van der Waals surface area contributed by atoms with Gasteiger partial charge < -0.3 is 63.1 Å². The van der Waals surface area contributed by atoms with Crippen LogP contribution in [0.5, 0.6) is 0 Å². The summed E-state index contributed by atoms with van der Waals surface area (Å²) in [7, 11) is 0. The molecule has 0 aliphatic heterocycles. The van der Waals surface area contributed by atoms with Crippen LogP contribution in [0.3, 0.4) is 0 Å². The van der Waals surface area contributed by atoms with Crippen molar-refractivity contribution in [2.45, 2.75) is 0 Å². The molecule has 0 saturated heterocycles. The maximum Gasteiger partial charge on any atom is 2.00 e. The monoisotopic (exact) mass is 1850 g/mol. The van der Waals surface area contributed by atoms with Gasteiger partial charge in [-0.2, -0.15) is 0 Å². The van der Waals surface area contributed by atoms with Crippen molar-refractivity contribution in [3.05, 3.63) is 0 Å². The minimum atomic E-state index is 0. The molecule has 0 aliphatic rings. The Bertz CT molecular complexity index is 23.8. The number of hydrogen-bond acceptors (Lipinski definition) is 0. The molecular formula is Cl2O7Pb8. The van der Waals surface area contributed by atoms with Gasteiger partial charge in [-0.1, -0.05) is 0 Å². The van der Waals surface area contributed by atoms with Gasteiger partial charge in [0.25, 0.3) is 0 Å². The van der Waals surface area contributed by atoms with Crippen molar-refractivity contribution in [2.24, 2.45) is 0 Å². The molecule has 16 radical (unpaired) electrons. The molecule has 0 unspecified atom stereocenters. The molecule has 0 bridgehead atoms. The Hall–Kier alpha value is 7.68. The van der Waals surface area contributed by atoms with Crippen LogP contribution in [-0.2, 0) is 38.3 Å². The molecule has 17 heavy (non-hydrogen) atoms. The SMILES string of the molecule is [Cl-].[Cl-].[O-2].[O-2].[O-2].[O-2].[O-2].[O-2].[O-2].[Pb+2].[Pb+2].[Pb+2].[Pb+2].[Pb+2].[Pb+2].[Pb+2].[Pb+2]. The van der Waals surface area contributed by atoms with Crippen LogP contribution in [0.1, 0.15) is 0 Å². The van der Waals surface area contributed by atoms with E-state index in [-0.39, 0.29) is 282 Å². The van der Waals surface area contributed by atoms with Crippen LogP contribution in [-0.4, -0.2) is 218 Å². The Morgan fingerprint density at radius 3 is 0.176 bits per heavy atom. The molecule has 7 nitrogen and oxygen atoms in total. The van der Waals surface area contributed by atoms with Crippen LogP contribution in [0, 0.1) is 0 Å². The molecule has 0 fully saturated rings. The summed E-state index contributed by atoms with van der Waals surface area (Å²) in [6.07, 6.45) is 0. The number of rotatable bonds is 0. The molecule has 0 aromatic heterocycles. The van der Waals surface area contributed by atoms with Crippen molar-refractivity contribution in [1.82, 2.24) is 0 Å². The summed E-state index contributed by atoms with van der Waals surface area (Å²) in [4.78, 5) is 0. The van der Waals surface area contributed by atoms with Gasteiger partial charge in [0.05, 0.1) is 0 Å². The quantitative estimate of drug-likeness (QED) is 0.208. The van der Waals surface area contributed by atoms with E-state index >= 15 is 0 Å². The standard InChI is InChI=1S/2ClH.7O.8Pb/h2*1H;;;;;;;;;;;;;;;/q;;7*-2;8*+2/p-2. The van der Waals surface area contributed by atoms with Crippen LogP contribution in [0.15, 0.2) is 0 Å². The fraction of sp³-hybridized carbons (Fsp3) is 0. The third-order valence-corrected chi connectivity index (χ3v) is 0. The van der Waals surface area contributed by atoms with E-state index in [0.29, 0.717) is 0 Å². The van der Waals surface area contributed by atoms with E-state index in [0.717, 1.165) is 0 Å². The van der Waals surface area contributed by atoms with Crippen molar-refractivity contribution in [3.63, 3.8) is 0 Å². The molecule has 0 rings (SSSR count). The van der Waals surface area contributed by atoms with Gasteiger partial charge in [0.2, 0.25) is 0 Å². The first-order chi connectivity index (χ1) is 0. The van der Waals surface area contributed by atoms with Crippen molar-refractivity contribution < 1.29 is 63.1 Å². The van der Waals surface area contributed by atoms with Gasteiger partial charge in [-0.05, 0) is 0 Å². The molecule has 0 amide bonds. The molecule has 0 saturated carbocycles. The summed E-state index contributed by atoms with van der Waals surface area (Å²) in [5.41, 5.74) is 0. The molecule has 17 heteroatoms. The normalized spacial score (nSPS) is 0. The Kier molecular flexibility index (Phi) is 2850. The molecule has 0 aromatic rings. The molecule has 0 aromatic carbocycles. The average Bonchev–Trinajstić information content (AvgIpc) is 0. The van der Waals surface area contributed by atoms with Crippen molar-refractivity contribution >= 4 is 218 Å². The van der Waals surface area contributed by atoms with Crippen molar-refractivity contribution in [1.29, 1.82) is 0 Å². The Morgan fingerprint density at radius 2 is 0.176 bits per heavy atom. The minimum Gasteiger partial charge on any atom is -2.00 e. The van der Waals surface area contributed by atoms with Gasteiger partial charge in [0, 0.05) is 0 Å². The number of hydrogen-bond donors (Lipinski definition) is 0. The van der Waals surface area contributed by atoms with Crippen LogP contribution < -0.4 is 24.8 Å². The summed E-state index contributed by atoms with van der Waals surface area (Å²) in [5.74, 6) is 0. The summed E-state index contributed by atoms with van der Waals surface area (Å²) < 4.78 is 0. The van der Waals surface area contributed by atoms with E-state index in [9.17, 15) is 0 Å². The topological polar surface area (TPSA) is 200 Å². The maximum absolute atomic E-state index is 0. The predicted octanol–water partition coefficient (Wildman–Crippen LogP) is -9.87. The third-order valence-electron chi connectivity index (χ3n) is 0. The predicted molar refractivity (Wildman–Crippen MR) is 50.8 cm³/mol. The van der Waals surface area contributed by atoms with E-state index < -0.39 is 0 Å². The molecule has 0 aliphatic carbocycles. The Balaban J connectivity index is 0. The average molecular weight is 1840 g/mol. The molecule has 0 spiro atoms. The summed E-state index contributed by atoms with van der Waals surface area (Å²) in [6.45, 7) is 0.